The summed E-state index contributed by atoms with van der Waals surface area (Å²) < 4.78 is 10.5. The molecule has 0 amide bonds. The minimum atomic E-state index is -0.200. The zero-order valence-corrected chi connectivity index (χ0v) is 19.1. The van der Waals surface area contributed by atoms with Gasteiger partial charge in [-0.15, -0.1) is 0 Å². The van der Waals surface area contributed by atoms with Crippen LogP contribution in [-0.2, 0) is 7.05 Å². The van der Waals surface area contributed by atoms with Crippen LogP contribution in [0.2, 0.25) is 0 Å². The molecule has 1 atom stereocenters. The maximum absolute atomic E-state index is 9.13. The third-order valence-corrected chi connectivity index (χ3v) is 6.49. The second-order valence-electron chi connectivity index (χ2n) is 8.62. The lowest BCUT2D eigenvalue weighted by molar-refractivity contribution is 0.224. The van der Waals surface area contributed by atoms with E-state index in [2.05, 4.69) is 39.9 Å². The number of piperidine rings is 1. The Balaban J connectivity index is 1.50. The van der Waals surface area contributed by atoms with Crippen molar-refractivity contribution in [2.45, 2.75) is 38.8 Å². The Morgan fingerprint density at radius 1 is 1.18 bits per heavy atom. The van der Waals surface area contributed by atoms with Crippen LogP contribution in [0.4, 0.5) is 0 Å². The second kappa shape index (κ2) is 8.58. The van der Waals surface area contributed by atoms with Gasteiger partial charge in [-0.1, -0.05) is 6.07 Å². The molecule has 0 spiro atoms. The summed E-state index contributed by atoms with van der Waals surface area (Å²) in [6.45, 7) is 5.67. The average molecular weight is 442 g/mol. The van der Waals surface area contributed by atoms with Gasteiger partial charge >= 0.3 is 0 Å². The SMILES string of the molecule is Cc1c(-c2cc(O[C@H](C)c3ccccn3)c3c(c2)ncn3C)cnn1C1CCN(C#N)CC1. The summed E-state index contributed by atoms with van der Waals surface area (Å²) in [6.07, 6.45) is 9.42. The van der Waals surface area contributed by atoms with Gasteiger partial charge in [0.05, 0.1) is 29.8 Å². The van der Waals surface area contributed by atoms with E-state index in [1.54, 1.807) is 6.20 Å². The molecular weight excluding hydrogens is 414 g/mol. The lowest BCUT2D eigenvalue weighted by Gasteiger charge is -2.29. The molecule has 33 heavy (non-hydrogen) atoms. The van der Waals surface area contributed by atoms with Crippen molar-refractivity contribution in [3.05, 3.63) is 60.4 Å². The highest BCUT2D eigenvalue weighted by Crippen LogP contribution is 2.36. The Morgan fingerprint density at radius 2 is 2.00 bits per heavy atom. The molecule has 1 aliphatic rings. The summed E-state index contributed by atoms with van der Waals surface area (Å²) in [5.74, 6) is 0.773. The Bertz CT molecular complexity index is 1310. The molecule has 0 bridgehead atoms. The number of pyridine rings is 1. The van der Waals surface area contributed by atoms with Gasteiger partial charge in [-0.2, -0.15) is 10.4 Å². The molecule has 0 aliphatic carbocycles. The number of aryl methyl sites for hydroxylation is 1. The predicted molar refractivity (Wildman–Crippen MR) is 125 cm³/mol. The third-order valence-electron chi connectivity index (χ3n) is 6.49. The highest BCUT2D eigenvalue weighted by atomic mass is 16.5. The second-order valence-corrected chi connectivity index (χ2v) is 8.62. The molecule has 1 aliphatic heterocycles. The van der Waals surface area contributed by atoms with Crippen LogP contribution in [0.3, 0.4) is 0 Å². The van der Waals surface area contributed by atoms with Crippen molar-refractivity contribution >= 4 is 11.0 Å². The van der Waals surface area contributed by atoms with Crippen molar-refractivity contribution in [1.82, 2.24) is 29.2 Å². The van der Waals surface area contributed by atoms with Crippen LogP contribution >= 0.6 is 0 Å². The Labute approximate surface area is 193 Å². The fourth-order valence-corrected chi connectivity index (χ4v) is 4.65. The van der Waals surface area contributed by atoms with E-state index in [0.29, 0.717) is 6.04 Å². The molecular formula is C25H27N7O. The molecule has 3 aromatic heterocycles. The van der Waals surface area contributed by atoms with E-state index < -0.39 is 0 Å². The van der Waals surface area contributed by atoms with Crippen LogP contribution in [0.5, 0.6) is 5.75 Å². The van der Waals surface area contributed by atoms with E-state index in [4.69, 9.17) is 15.1 Å². The van der Waals surface area contributed by atoms with E-state index in [0.717, 1.165) is 65.2 Å². The summed E-state index contributed by atoms with van der Waals surface area (Å²) in [5, 5.41) is 13.9. The summed E-state index contributed by atoms with van der Waals surface area (Å²) in [6, 6.07) is 10.3. The molecule has 4 heterocycles. The molecule has 1 saturated heterocycles. The first kappa shape index (κ1) is 21.0. The van der Waals surface area contributed by atoms with E-state index >= 15 is 0 Å². The Kier molecular flexibility index (Phi) is 5.47. The fourth-order valence-electron chi connectivity index (χ4n) is 4.65. The van der Waals surface area contributed by atoms with Crippen LogP contribution in [0.1, 0.15) is 43.3 Å². The normalized spacial score (nSPS) is 15.5. The highest BCUT2D eigenvalue weighted by Gasteiger charge is 2.23. The largest absolute Gasteiger partial charge is 0.482 e. The van der Waals surface area contributed by atoms with Crippen molar-refractivity contribution < 1.29 is 4.74 Å². The first-order chi connectivity index (χ1) is 16.0. The van der Waals surface area contributed by atoms with E-state index in [1.165, 1.54) is 0 Å². The molecule has 4 aromatic rings. The van der Waals surface area contributed by atoms with Crippen LogP contribution in [0.25, 0.3) is 22.2 Å². The third kappa shape index (κ3) is 3.91. The maximum Gasteiger partial charge on any atom is 0.179 e. The van der Waals surface area contributed by atoms with Crippen LogP contribution in [-0.4, -0.2) is 42.3 Å². The number of rotatable bonds is 5. The summed E-state index contributed by atoms with van der Waals surface area (Å²) in [7, 11) is 1.98. The molecule has 1 fully saturated rings. The standard InChI is InChI=1S/C25H27N7O/c1-17-21(14-29-32(17)20-7-10-31(15-26)11-8-20)19-12-23-25(30(3)16-28-23)24(13-19)33-18(2)22-6-4-5-9-27-22/h4-6,9,12-14,16,18,20H,7-8,10-11H2,1-3H3/t18-/m1/s1. The smallest absolute Gasteiger partial charge is 0.179 e. The van der Waals surface area contributed by atoms with Crippen molar-refractivity contribution in [3.63, 3.8) is 0 Å². The number of nitrogens with zero attached hydrogens (tertiary/aromatic N) is 7. The number of benzene rings is 1. The van der Waals surface area contributed by atoms with Gasteiger partial charge in [0.1, 0.15) is 17.4 Å². The minimum absolute atomic E-state index is 0.200. The van der Waals surface area contributed by atoms with Crippen LogP contribution in [0.15, 0.2) is 49.1 Å². The zero-order valence-electron chi connectivity index (χ0n) is 19.1. The molecule has 8 nitrogen and oxygen atoms in total. The van der Waals surface area contributed by atoms with E-state index in [-0.39, 0.29) is 6.10 Å². The topological polar surface area (TPSA) is 84.8 Å². The highest BCUT2D eigenvalue weighted by molar-refractivity contribution is 5.88. The average Bonchev–Trinajstić information content (AvgIpc) is 3.42. The number of likely N-dealkylation sites (tertiary alicyclic amines) is 1. The van der Waals surface area contributed by atoms with Gasteiger partial charge < -0.3 is 14.2 Å². The number of nitriles is 1. The van der Waals surface area contributed by atoms with Gasteiger partial charge in [0.15, 0.2) is 6.19 Å². The van der Waals surface area contributed by atoms with Gasteiger partial charge in [-0.25, -0.2) is 4.98 Å². The van der Waals surface area contributed by atoms with Crippen molar-refractivity contribution in [2.75, 3.05) is 13.1 Å². The van der Waals surface area contributed by atoms with Gasteiger partial charge in [-0.05, 0) is 56.5 Å². The number of ether oxygens (including phenoxy) is 1. The van der Waals surface area contributed by atoms with Crippen LogP contribution < -0.4 is 4.74 Å². The van der Waals surface area contributed by atoms with Crippen molar-refractivity contribution in [2.24, 2.45) is 7.05 Å². The molecule has 0 saturated carbocycles. The molecule has 8 heteroatoms. The molecule has 0 N–H and O–H groups in total. The summed E-state index contributed by atoms with van der Waals surface area (Å²) in [5.41, 5.74) is 5.93. The Morgan fingerprint density at radius 3 is 2.73 bits per heavy atom. The quantitative estimate of drug-likeness (QED) is 0.427. The van der Waals surface area contributed by atoms with Crippen molar-refractivity contribution in [3.8, 4) is 23.1 Å². The lowest BCUT2D eigenvalue weighted by atomic mass is 10.0. The van der Waals surface area contributed by atoms with E-state index in [9.17, 15) is 0 Å². The first-order valence-electron chi connectivity index (χ1n) is 11.3. The number of aromatic nitrogens is 5. The number of hydrogen-bond acceptors (Lipinski definition) is 6. The van der Waals surface area contributed by atoms with Gasteiger partial charge in [0.25, 0.3) is 0 Å². The number of hydrogen-bond donors (Lipinski definition) is 0. The number of imidazole rings is 1. The van der Waals surface area contributed by atoms with Crippen LogP contribution in [0, 0.1) is 18.4 Å². The van der Waals surface area contributed by atoms with E-state index in [1.807, 2.05) is 54.2 Å². The maximum atomic E-state index is 9.13. The molecule has 168 valence electrons. The summed E-state index contributed by atoms with van der Waals surface area (Å²) >= 11 is 0. The predicted octanol–water partition coefficient (Wildman–Crippen LogP) is 4.40. The molecule has 1 aromatic carbocycles. The monoisotopic (exact) mass is 441 g/mol. The molecule has 5 rings (SSSR count). The fraction of sp³-hybridized carbons (Fsp3) is 0.360. The zero-order chi connectivity index (χ0) is 22.9. The lowest BCUT2D eigenvalue weighted by Crippen LogP contribution is -2.31. The van der Waals surface area contributed by atoms with Crippen molar-refractivity contribution in [1.29, 1.82) is 5.26 Å². The Hall–Kier alpha value is -3.86. The molecule has 0 radical (unpaired) electrons. The van der Waals surface area contributed by atoms with Gasteiger partial charge in [-0.3, -0.25) is 9.67 Å². The number of fused-ring (bicyclic) bond motifs is 1. The molecule has 0 unspecified atom stereocenters. The van der Waals surface area contributed by atoms with Gasteiger partial charge in [0, 0.05) is 37.6 Å². The summed E-state index contributed by atoms with van der Waals surface area (Å²) in [4.78, 5) is 10.9. The van der Waals surface area contributed by atoms with Gasteiger partial charge in [0.2, 0.25) is 0 Å². The minimum Gasteiger partial charge on any atom is -0.482 e. The first-order valence-corrected chi connectivity index (χ1v) is 11.3.